The van der Waals surface area contributed by atoms with Crippen LogP contribution in [0.3, 0.4) is 0 Å². The van der Waals surface area contributed by atoms with Crippen LogP contribution in [-0.4, -0.2) is 45.3 Å². The lowest BCUT2D eigenvalue weighted by atomic mass is 10.0. The first-order chi connectivity index (χ1) is 10.1. The van der Waals surface area contributed by atoms with Crippen LogP contribution < -0.4 is 5.32 Å². The molecule has 0 spiro atoms. The Balaban J connectivity index is 2.62. The molecule has 0 aliphatic rings. The molecule has 22 heavy (non-hydrogen) atoms. The zero-order valence-corrected chi connectivity index (χ0v) is 13.2. The topological polar surface area (TPSA) is 109 Å². The SMILES string of the molecule is CC(=O)c1cncc(C(O)C(O)CNC(=O)OC(C)(C)C)c1. The normalized spacial score (nSPS) is 14.1. The van der Waals surface area contributed by atoms with Crippen molar-refractivity contribution < 1.29 is 24.5 Å². The van der Waals surface area contributed by atoms with Crippen LogP contribution in [0.4, 0.5) is 4.79 Å². The lowest BCUT2D eigenvalue weighted by Crippen LogP contribution is -2.38. The van der Waals surface area contributed by atoms with Gasteiger partial charge >= 0.3 is 6.09 Å². The molecule has 0 aromatic carbocycles. The van der Waals surface area contributed by atoms with Crippen LogP contribution in [0.2, 0.25) is 0 Å². The molecule has 2 atom stereocenters. The number of aliphatic hydroxyl groups excluding tert-OH is 2. The van der Waals surface area contributed by atoms with Crippen molar-refractivity contribution in [1.29, 1.82) is 0 Å². The van der Waals surface area contributed by atoms with Gasteiger partial charge in [0.2, 0.25) is 0 Å². The van der Waals surface area contributed by atoms with Crippen LogP contribution in [0.1, 0.15) is 49.7 Å². The number of ketones is 1. The number of aliphatic hydroxyl groups is 2. The summed E-state index contributed by atoms with van der Waals surface area (Å²) in [4.78, 5) is 26.6. The highest BCUT2D eigenvalue weighted by molar-refractivity contribution is 5.93. The lowest BCUT2D eigenvalue weighted by Gasteiger charge is -2.22. The summed E-state index contributed by atoms with van der Waals surface area (Å²) in [5.41, 5.74) is -0.0111. The molecule has 0 saturated carbocycles. The summed E-state index contributed by atoms with van der Waals surface area (Å²) in [6.45, 7) is 6.35. The second kappa shape index (κ2) is 7.33. The van der Waals surface area contributed by atoms with Gasteiger partial charge in [0.15, 0.2) is 5.78 Å². The minimum atomic E-state index is -1.28. The number of alkyl carbamates (subject to hydrolysis) is 1. The van der Waals surface area contributed by atoms with Crippen LogP contribution in [0, 0.1) is 0 Å². The Labute approximate surface area is 129 Å². The molecule has 0 aliphatic carbocycles. The fraction of sp³-hybridized carbons (Fsp3) is 0.533. The van der Waals surface area contributed by atoms with Gasteiger partial charge in [0.25, 0.3) is 0 Å². The fourth-order valence-corrected chi connectivity index (χ4v) is 1.65. The molecule has 1 rings (SSSR count). The Bertz CT molecular complexity index is 539. The van der Waals surface area contributed by atoms with Crippen molar-refractivity contribution in [2.75, 3.05) is 6.54 Å². The number of Topliss-reactive ketones (excluding diaryl/α,β-unsaturated/α-hetero) is 1. The van der Waals surface area contributed by atoms with Crippen LogP contribution in [0.15, 0.2) is 18.5 Å². The zero-order valence-electron chi connectivity index (χ0n) is 13.2. The van der Waals surface area contributed by atoms with Crippen LogP contribution in [0.5, 0.6) is 0 Å². The maximum atomic E-state index is 11.5. The molecule has 1 heterocycles. The molecule has 3 N–H and O–H groups in total. The van der Waals surface area contributed by atoms with Crippen molar-refractivity contribution in [3.63, 3.8) is 0 Å². The van der Waals surface area contributed by atoms with Crippen LogP contribution in [0.25, 0.3) is 0 Å². The number of aromatic nitrogens is 1. The van der Waals surface area contributed by atoms with Crippen LogP contribution in [-0.2, 0) is 4.74 Å². The highest BCUT2D eigenvalue weighted by atomic mass is 16.6. The van der Waals surface area contributed by atoms with Gasteiger partial charge in [0.1, 0.15) is 17.8 Å². The number of ether oxygens (including phenoxy) is 1. The molecule has 1 aromatic rings. The van der Waals surface area contributed by atoms with Gasteiger partial charge in [0, 0.05) is 30.1 Å². The molecule has 0 radical (unpaired) electrons. The molecule has 1 amide bonds. The van der Waals surface area contributed by atoms with Gasteiger partial charge in [0.05, 0.1) is 0 Å². The predicted molar refractivity (Wildman–Crippen MR) is 79.4 cm³/mol. The molecule has 1 aromatic heterocycles. The highest BCUT2D eigenvalue weighted by Gasteiger charge is 2.22. The van der Waals surface area contributed by atoms with Gasteiger partial charge in [-0.05, 0) is 33.8 Å². The number of hydrogen-bond donors (Lipinski definition) is 3. The smallest absolute Gasteiger partial charge is 0.407 e. The molecule has 2 unspecified atom stereocenters. The molecule has 0 aliphatic heterocycles. The summed E-state index contributed by atoms with van der Waals surface area (Å²) in [6.07, 6.45) is -0.481. The summed E-state index contributed by atoms with van der Waals surface area (Å²) >= 11 is 0. The third-order valence-electron chi connectivity index (χ3n) is 2.73. The second-order valence-electron chi connectivity index (χ2n) is 5.96. The Hall–Kier alpha value is -1.99. The summed E-state index contributed by atoms with van der Waals surface area (Å²) in [7, 11) is 0. The molecular weight excluding hydrogens is 288 g/mol. The Morgan fingerprint density at radius 1 is 1.32 bits per heavy atom. The number of nitrogens with zero attached hydrogens (tertiary/aromatic N) is 1. The maximum Gasteiger partial charge on any atom is 0.407 e. The summed E-state index contributed by atoms with van der Waals surface area (Å²) in [6, 6.07) is 1.46. The number of carbonyl (C=O) groups excluding carboxylic acids is 2. The van der Waals surface area contributed by atoms with E-state index in [0.29, 0.717) is 11.1 Å². The molecule has 122 valence electrons. The van der Waals surface area contributed by atoms with E-state index in [-0.39, 0.29) is 12.3 Å². The van der Waals surface area contributed by atoms with E-state index in [0.717, 1.165) is 0 Å². The number of carbonyl (C=O) groups is 2. The average molecular weight is 310 g/mol. The number of rotatable bonds is 5. The van der Waals surface area contributed by atoms with E-state index in [1.54, 1.807) is 20.8 Å². The first-order valence-corrected chi connectivity index (χ1v) is 6.89. The van der Waals surface area contributed by atoms with E-state index < -0.39 is 23.9 Å². The average Bonchev–Trinajstić information content (AvgIpc) is 2.42. The Kier molecular flexibility index (Phi) is 6.01. The summed E-state index contributed by atoms with van der Waals surface area (Å²) in [5, 5.41) is 22.3. The zero-order chi connectivity index (χ0) is 16.9. The molecule has 0 fully saturated rings. The largest absolute Gasteiger partial charge is 0.444 e. The Morgan fingerprint density at radius 2 is 1.95 bits per heavy atom. The number of nitrogens with one attached hydrogen (secondary N) is 1. The standard InChI is InChI=1S/C15H22N2O5/c1-9(18)10-5-11(7-16-6-10)13(20)12(19)8-17-14(21)22-15(2,3)4/h5-7,12-13,19-20H,8H2,1-4H3,(H,17,21). The van der Waals surface area contributed by atoms with E-state index in [4.69, 9.17) is 4.74 Å². The number of pyridine rings is 1. The van der Waals surface area contributed by atoms with Gasteiger partial charge in [-0.1, -0.05) is 0 Å². The van der Waals surface area contributed by atoms with Crippen molar-refractivity contribution in [2.45, 2.75) is 45.5 Å². The first-order valence-electron chi connectivity index (χ1n) is 6.89. The maximum absolute atomic E-state index is 11.5. The monoisotopic (exact) mass is 310 g/mol. The number of amides is 1. The van der Waals surface area contributed by atoms with E-state index >= 15 is 0 Å². The minimum Gasteiger partial charge on any atom is -0.444 e. The molecule has 0 bridgehead atoms. The van der Waals surface area contributed by atoms with Gasteiger partial charge in [-0.2, -0.15) is 0 Å². The van der Waals surface area contributed by atoms with Crippen LogP contribution >= 0.6 is 0 Å². The molecule has 0 saturated heterocycles. The first kappa shape index (κ1) is 18.1. The molecule has 7 heteroatoms. The van der Waals surface area contributed by atoms with Crippen molar-refractivity contribution in [1.82, 2.24) is 10.3 Å². The minimum absolute atomic E-state index is 0.192. The molecule has 7 nitrogen and oxygen atoms in total. The Morgan fingerprint density at radius 3 is 2.50 bits per heavy atom. The van der Waals surface area contributed by atoms with Crippen molar-refractivity contribution in [3.8, 4) is 0 Å². The lowest BCUT2D eigenvalue weighted by molar-refractivity contribution is 0.0127. The van der Waals surface area contributed by atoms with Crippen molar-refractivity contribution in [2.24, 2.45) is 0 Å². The third-order valence-corrected chi connectivity index (χ3v) is 2.73. The highest BCUT2D eigenvalue weighted by Crippen LogP contribution is 2.17. The van der Waals surface area contributed by atoms with E-state index in [1.807, 2.05) is 0 Å². The number of hydrogen-bond acceptors (Lipinski definition) is 6. The van der Waals surface area contributed by atoms with Gasteiger partial charge in [-0.15, -0.1) is 0 Å². The second-order valence-corrected chi connectivity index (χ2v) is 5.96. The van der Waals surface area contributed by atoms with E-state index in [2.05, 4.69) is 10.3 Å². The van der Waals surface area contributed by atoms with Gasteiger partial charge in [-0.3, -0.25) is 9.78 Å². The van der Waals surface area contributed by atoms with Crippen molar-refractivity contribution in [3.05, 3.63) is 29.6 Å². The fourth-order valence-electron chi connectivity index (χ4n) is 1.65. The van der Waals surface area contributed by atoms with Crippen molar-refractivity contribution >= 4 is 11.9 Å². The third kappa shape index (κ3) is 5.79. The quantitative estimate of drug-likeness (QED) is 0.705. The predicted octanol–water partition coefficient (Wildman–Crippen LogP) is 1.20. The molecular formula is C15H22N2O5. The summed E-state index contributed by atoms with van der Waals surface area (Å²) in [5.74, 6) is -0.192. The van der Waals surface area contributed by atoms with Gasteiger partial charge in [-0.25, -0.2) is 4.79 Å². The summed E-state index contributed by atoms with van der Waals surface area (Å²) < 4.78 is 5.02. The van der Waals surface area contributed by atoms with E-state index in [1.165, 1.54) is 25.4 Å². The van der Waals surface area contributed by atoms with Gasteiger partial charge < -0.3 is 20.3 Å². The van der Waals surface area contributed by atoms with E-state index in [9.17, 15) is 19.8 Å².